The number of carbonyl (C=O) groups is 2. The molecule has 1 amide bonds. The molecule has 2 aliphatic rings. The lowest BCUT2D eigenvalue weighted by molar-refractivity contribution is -0.192. The molecule has 8 nitrogen and oxygen atoms in total. The van der Waals surface area contributed by atoms with E-state index in [0.717, 1.165) is 51.0 Å². The Morgan fingerprint density at radius 3 is 2.39 bits per heavy atom. The van der Waals surface area contributed by atoms with Gasteiger partial charge in [-0.3, -0.25) is 9.69 Å². The molecule has 2 aliphatic heterocycles. The Hall–Kier alpha value is -2.40. The molecular formula is C20H28F3N3O5. The lowest BCUT2D eigenvalue weighted by atomic mass is 9.77. The first-order chi connectivity index (χ1) is 14.6. The average Bonchev–Trinajstić information content (AvgIpc) is 3.03. The number of methoxy groups -OCH3 is 2. The Kier molecular flexibility index (Phi) is 8.63. The molecule has 0 aliphatic carbocycles. The highest BCUT2D eigenvalue weighted by Gasteiger charge is 2.47. The number of aromatic nitrogens is 1. The number of pyridine rings is 1. The molecule has 174 valence electrons. The van der Waals surface area contributed by atoms with Gasteiger partial charge in [0, 0.05) is 38.5 Å². The summed E-state index contributed by atoms with van der Waals surface area (Å²) in [6.45, 7) is 4.93. The molecule has 0 radical (unpaired) electrons. The van der Waals surface area contributed by atoms with Crippen LogP contribution in [-0.4, -0.2) is 84.9 Å². The van der Waals surface area contributed by atoms with Crippen molar-refractivity contribution in [1.29, 1.82) is 0 Å². The maximum Gasteiger partial charge on any atom is 0.490 e. The van der Waals surface area contributed by atoms with E-state index in [9.17, 15) is 18.0 Å². The van der Waals surface area contributed by atoms with Crippen molar-refractivity contribution >= 4 is 11.9 Å². The average molecular weight is 447 g/mol. The molecule has 3 rings (SSSR count). The Balaban J connectivity index is 0.000000423. The lowest BCUT2D eigenvalue weighted by Gasteiger charge is -2.38. The van der Waals surface area contributed by atoms with Crippen LogP contribution in [-0.2, 0) is 20.9 Å². The zero-order valence-electron chi connectivity index (χ0n) is 17.7. The Morgan fingerprint density at radius 2 is 1.84 bits per heavy atom. The van der Waals surface area contributed by atoms with Gasteiger partial charge in [-0.25, -0.2) is 9.78 Å². The number of alkyl halides is 3. The van der Waals surface area contributed by atoms with Crippen LogP contribution < -0.4 is 4.74 Å². The second kappa shape index (κ2) is 10.8. The van der Waals surface area contributed by atoms with Gasteiger partial charge in [-0.05, 0) is 38.4 Å². The third-order valence-electron chi connectivity index (χ3n) is 5.66. The fraction of sp³-hybridized carbons (Fsp3) is 0.650. The number of nitrogens with zero attached hydrogens (tertiary/aromatic N) is 3. The van der Waals surface area contributed by atoms with Crippen molar-refractivity contribution in [3.63, 3.8) is 0 Å². The molecule has 0 saturated carbocycles. The molecule has 3 heterocycles. The smallest absolute Gasteiger partial charge is 0.481 e. The van der Waals surface area contributed by atoms with Gasteiger partial charge >= 0.3 is 12.1 Å². The van der Waals surface area contributed by atoms with Crippen molar-refractivity contribution in [3.8, 4) is 5.88 Å². The quantitative estimate of drug-likeness (QED) is 0.715. The fourth-order valence-electron chi connectivity index (χ4n) is 3.88. The van der Waals surface area contributed by atoms with E-state index in [1.807, 2.05) is 11.0 Å². The minimum Gasteiger partial charge on any atom is -0.481 e. The van der Waals surface area contributed by atoms with Gasteiger partial charge in [0.15, 0.2) is 0 Å². The number of carboxylic acid groups (broad SMARTS) is 1. The number of carboxylic acids is 1. The van der Waals surface area contributed by atoms with Crippen molar-refractivity contribution in [2.24, 2.45) is 5.41 Å². The summed E-state index contributed by atoms with van der Waals surface area (Å²) in [6.07, 6.45) is -0.464. The number of ether oxygens (including phenoxy) is 2. The molecule has 1 aromatic rings. The van der Waals surface area contributed by atoms with Gasteiger partial charge in [-0.1, -0.05) is 6.07 Å². The Labute approximate surface area is 178 Å². The van der Waals surface area contributed by atoms with E-state index in [2.05, 4.69) is 16.0 Å². The molecule has 11 heteroatoms. The summed E-state index contributed by atoms with van der Waals surface area (Å²) < 4.78 is 42.2. The predicted molar refractivity (Wildman–Crippen MR) is 104 cm³/mol. The topological polar surface area (TPSA) is 92.2 Å². The molecule has 1 N–H and O–H groups in total. The van der Waals surface area contributed by atoms with Gasteiger partial charge in [-0.2, -0.15) is 13.2 Å². The second-order valence-corrected chi connectivity index (χ2v) is 7.57. The predicted octanol–water partition coefficient (Wildman–Crippen LogP) is 2.18. The zero-order valence-corrected chi connectivity index (χ0v) is 17.7. The number of aliphatic carboxylic acids is 1. The highest BCUT2D eigenvalue weighted by molar-refractivity contribution is 5.85. The SMILES string of the molecule is COCCN1CCC2(CCN(Cc3cccnc3OC)CC2)C1=O.O=C(O)C(F)(F)F. The molecule has 0 atom stereocenters. The summed E-state index contributed by atoms with van der Waals surface area (Å²) in [4.78, 5) is 30.3. The summed E-state index contributed by atoms with van der Waals surface area (Å²) in [7, 11) is 3.34. The van der Waals surface area contributed by atoms with Crippen molar-refractivity contribution in [3.05, 3.63) is 23.9 Å². The van der Waals surface area contributed by atoms with E-state index in [1.54, 1.807) is 20.4 Å². The van der Waals surface area contributed by atoms with Crippen LogP contribution in [0.1, 0.15) is 24.8 Å². The number of hydrogen-bond donors (Lipinski definition) is 1. The van der Waals surface area contributed by atoms with Crippen LogP contribution in [0.3, 0.4) is 0 Å². The van der Waals surface area contributed by atoms with Crippen molar-refractivity contribution < 1.29 is 37.3 Å². The van der Waals surface area contributed by atoms with E-state index >= 15 is 0 Å². The lowest BCUT2D eigenvalue weighted by Crippen LogP contribution is -2.44. The standard InChI is InChI=1S/C18H27N3O3.C2HF3O2/c1-23-13-12-21-11-7-18(17(21)22)5-9-20(10-6-18)14-15-4-3-8-19-16(15)24-2;3-2(4,5)1(6)7/h3-4,8H,5-7,9-14H2,1-2H3;(H,6,7). The van der Waals surface area contributed by atoms with E-state index in [4.69, 9.17) is 19.4 Å². The minimum absolute atomic E-state index is 0.136. The summed E-state index contributed by atoms with van der Waals surface area (Å²) in [5.41, 5.74) is 0.971. The van der Waals surface area contributed by atoms with Crippen molar-refractivity contribution in [2.45, 2.75) is 32.0 Å². The number of amides is 1. The highest BCUT2D eigenvalue weighted by atomic mass is 19.4. The summed E-state index contributed by atoms with van der Waals surface area (Å²) in [5, 5.41) is 7.12. The number of likely N-dealkylation sites (tertiary alicyclic amines) is 2. The maximum atomic E-state index is 12.8. The Morgan fingerprint density at radius 1 is 1.23 bits per heavy atom. The monoisotopic (exact) mass is 447 g/mol. The normalized spacial score (nSPS) is 18.6. The maximum absolute atomic E-state index is 12.8. The number of rotatable bonds is 6. The van der Waals surface area contributed by atoms with E-state index in [0.29, 0.717) is 24.9 Å². The fourth-order valence-corrected chi connectivity index (χ4v) is 3.88. The van der Waals surface area contributed by atoms with Crippen LogP contribution in [0.5, 0.6) is 5.88 Å². The zero-order chi connectivity index (χ0) is 23.1. The van der Waals surface area contributed by atoms with E-state index in [1.165, 1.54) is 0 Å². The van der Waals surface area contributed by atoms with Crippen LogP contribution in [0.4, 0.5) is 13.2 Å². The minimum atomic E-state index is -5.08. The summed E-state index contributed by atoms with van der Waals surface area (Å²) in [5.74, 6) is -1.73. The second-order valence-electron chi connectivity index (χ2n) is 7.57. The third kappa shape index (κ3) is 6.54. The molecule has 31 heavy (non-hydrogen) atoms. The molecule has 2 fully saturated rings. The van der Waals surface area contributed by atoms with Crippen molar-refractivity contribution in [2.75, 3.05) is 47.0 Å². The first-order valence-electron chi connectivity index (χ1n) is 9.91. The van der Waals surface area contributed by atoms with Gasteiger partial charge < -0.3 is 19.5 Å². The first-order valence-corrected chi connectivity index (χ1v) is 9.91. The summed E-state index contributed by atoms with van der Waals surface area (Å²) >= 11 is 0. The first kappa shape index (κ1) is 24.9. The number of piperidine rings is 1. The Bertz CT molecular complexity index is 752. The van der Waals surface area contributed by atoms with Crippen LogP contribution in [0.15, 0.2) is 18.3 Å². The van der Waals surface area contributed by atoms with Crippen LogP contribution >= 0.6 is 0 Å². The molecule has 1 aromatic heterocycles. The van der Waals surface area contributed by atoms with E-state index < -0.39 is 12.1 Å². The molecule has 0 aromatic carbocycles. The number of carbonyl (C=O) groups excluding carboxylic acids is 1. The molecule has 0 unspecified atom stereocenters. The van der Waals surface area contributed by atoms with Gasteiger partial charge in [-0.15, -0.1) is 0 Å². The van der Waals surface area contributed by atoms with Gasteiger partial charge in [0.25, 0.3) is 0 Å². The summed E-state index contributed by atoms with van der Waals surface area (Å²) in [6, 6.07) is 4.00. The highest BCUT2D eigenvalue weighted by Crippen LogP contribution is 2.41. The largest absolute Gasteiger partial charge is 0.490 e. The molecule has 2 saturated heterocycles. The van der Waals surface area contributed by atoms with Gasteiger partial charge in [0.05, 0.1) is 19.1 Å². The van der Waals surface area contributed by atoms with Crippen molar-refractivity contribution in [1.82, 2.24) is 14.8 Å². The molecule has 1 spiro atoms. The molecule has 0 bridgehead atoms. The van der Waals surface area contributed by atoms with Gasteiger partial charge in [0.1, 0.15) is 0 Å². The van der Waals surface area contributed by atoms with Gasteiger partial charge in [0.2, 0.25) is 11.8 Å². The van der Waals surface area contributed by atoms with Crippen LogP contribution in [0.2, 0.25) is 0 Å². The number of halogens is 3. The molecular weight excluding hydrogens is 419 g/mol. The van der Waals surface area contributed by atoms with Crippen LogP contribution in [0.25, 0.3) is 0 Å². The van der Waals surface area contributed by atoms with E-state index in [-0.39, 0.29) is 5.41 Å². The third-order valence-corrected chi connectivity index (χ3v) is 5.66. The number of hydrogen-bond acceptors (Lipinski definition) is 6. The van der Waals surface area contributed by atoms with Crippen LogP contribution in [0, 0.1) is 5.41 Å².